The maximum atomic E-state index is 9.03. The normalized spacial score (nSPS) is 16.8. The highest BCUT2D eigenvalue weighted by Crippen LogP contribution is 2.56. The monoisotopic (exact) mass is 614 g/mol. The van der Waals surface area contributed by atoms with E-state index in [1.165, 1.54) is 68.4 Å². The maximum absolute atomic E-state index is 9.03. The van der Waals surface area contributed by atoms with Gasteiger partial charge in [0, 0.05) is 28.0 Å². The van der Waals surface area contributed by atoms with Crippen molar-refractivity contribution in [1.29, 1.82) is 0 Å². The molecule has 9 rings (SSSR count). The predicted molar refractivity (Wildman–Crippen MR) is 199 cm³/mol. The van der Waals surface area contributed by atoms with E-state index in [1.54, 1.807) is 5.56 Å². The van der Waals surface area contributed by atoms with E-state index in [4.69, 9.17) is 6.11 Å². The van der Waals surface area contributed by atoms with Gasteiger partial charge in [-0.15, -0.1) is 0 Å². The van der Waals surface area contributed by atoms with E-state index < -0.39 is 0 Å². The minimum Gasteiger partial charge on any atom is -0.458 e. The molecule has 5 aromatic rings. The van der Waals surface area contributed by atoms with Crippen LogP contribution in [0.25, 0.3) is 11.1 Å². The molecule has 2 aliphatic heterocycles. The lowest BCUT2D eigenvalue weighted by molar-refractivity contribution is 0.488. The molecule has 0 unspecified atom stereocenters. The Morgan fingerprint density at radius 2 is 1.51 bits per heavy atom. The van der Waals surface area contributed by atoms with Crippen LogP contribution in [-0.2, 0) is 29.1 Å². The number of aryl methyl sites for hydroxylation is 1. The van der Waals surface area contributed by atoms with E-state index in [-0.39, 0.29) is 23.0 Å². The average molecular weight is 615 g/mol. The van der Waals surface area contributed by atoms with Gasteiger partial charge in [0.1, 0.15) is 11.5 Å². The first-order valence-electron chi connectivity index (χ1n) is 17.9. The number of hydrogen-bond acceptors (Lipinski definition) is 2. The summed E-state index contributed by atoms with van der Waals surface area (Å²) in [5.41, 5.74) is 18.1. The van der Waals surface area contributed by atoms with Crippen molar-refractivity contribution >= 4 is 40.2 Å². The molecule has 3 heteroatoms. The summed E-state index contributed by atoms with van der Waals surface area (Å²) in [5.74, 6) is 1.78. The molecule has 2 heterocycles. The number of hydrogen-bond donors (Lipinski definition) is 0. The minimum absolute atomic E-state index is 0.00235. The van der Waals surface area contributed by atoms with Gasteiger partial charge in [-0.2, -0.15) is 0 Å². The fraction of sp³-hybridized carbons (Fsp3) is 0.318. The third-order valence-electron chi connectivity index (χ3n) is 11.5. The molecule has 234 valence electrons. The zero-order chi connectivity index (χ0) is 33.5. The Hall–Kier alpha value is -4.24. The molecule has 2 nitrogen and oxygen atoms in total. The van der Waals surface area contributed by atoms with Crippen LogP contribution in [0.5, 0.6) is 11.5 Å². The molecule has 5 aromatic carbocycles. The van der Waals surface area contributed by atoms with Gasteiger partial charge in [-0.3, -0.25) is 0 Å². The van der Waals surface area contributed by atoms with E-state index in [9.17, 15) is 0 Å². The summed E-state index contributed by atoms with van der Waals surface area (Å²) in [6, 6.07) is 30.0. The highest BCUT2D eigenvalue weighted by Gasteiger charge is 2.47. The largest absolute Gasteiger partial charge is 0.458 e. The third-order valence-corrected chi connectivity index (χ3v) is 11.5. The first-order valence-corrected chi connectivity index (χ1v) is 17.4. The van der Waals surface area contributed by atoms with Crippen molar-refractivity contribution in [3.63, 3.8) is 0 Å². The Morgan fingerprint density at radius 1 is 0.766 bits per heavy atom. The SMILES string of the molecule is [2H]c1cc2c3c(c1)N(c1ccc(C(C)(C)C)cc1)c1ccc(C(C)(C)C)cc1B3c1ccc3c(c1O2)-c1ccc2c(c1C3(C)C)CCC2. The average Bonchev–Trinajstić information content (AvgIpc) is 3.59. The lowest BCUT2D eigenvalue weighted by Crippen LogP contribution is -2.59. The second-order valence-corrected chi connectivity index (χ2v) is 16.8. The molecule has 47 heavy (non-hydrogen) atoms. The first kappa shape index (κ1) is 27.8. The van der Waals surface area contributed by atoms with Gasteiger partial charge >= 0.3 is 0 Å². The van der Waals surface area contributed by atoms with Gasteiger partial charge in [0.25, 0.3) is 6.71 Å². The molecule has 0 bridgehead atoms. The van der Waals surface area contributed by atoms with Crippen molar-refractivity contribution in [3.8, 4) is 22.6 Å². The van der Waals surface area contributed by atoms with E-state index in [2.05, 4.69) is 127 Å². The van der Waals surface area contributed by atoms with Crippen LogP contribution in [0.15, 0.2) is 84.9 Å². The molecule has 0 fully saturated rings. The molecule has 0 spiro atoms. The molecule has 0 saturated carbocycles. The zero-order valence-corrected chi connectivity index (χ0v) is 29.1. The Labute approximate surface area is 282 Å². The lowest BCUT2D eigenvalue weighted by atomic mass is 9.34. The molecule has 0 amide bonds. The highest BCUT2D eigenvalue weighted by atomic mass is 16.5. The summed E-state index contributed by atoms with van der Waals surface area (Å²) >= 11 is 0. The van der Waals surface area contributed by atoms with Crippen LogP contribution in [0, 0.1) is 0 Å². The number of ether oxygens (including phenoxy) is 1. The summed E-state index contributed by atoms with van der Waals surface area (Å²) in [4.78, 5) is 2.37. The summed E-state index contributed by atoms with van der Waals surface area (Å²) in [6.45, 7) is 18.5. The molecular formula is C44H44BNO. The second kappa shape index (κ2) is 9.44. The number of anilines is 3. The fourth-order valence-electron chi connectivity index (χ4n) is 9.05. The Morgan fingerprint density at radius 3 is 2.26 bits per heavy atom. The van der Waals surface area contributed by atoms with Crippen LogP contribution in [0.4, 0.5) is 17.1 Å². The van der Waals surface area contributed by atoms with Crippen molar-refractivity contribution in [2.24, 2.45) is 0 Å². The summed E-state index contributed by atoms with van der Waals surface area (Å²) in [5, 5.41) is 0. The topological polar surface area (TPSA) is 12.5 Å². The van der Waals surface area contributed by atoms with Crippen LogP contribution in [0.2, 0.25) is 0 Å². The van der Waals surface area contributed by atoms with Gasteiger partial charge in [-0.1, -0.05) is 110 Å². The summed E-state index contributed by atoms with van der Waals surface area (Å²) in [6.07, 6.45) is 3.57. The van der Waals surface area contributed by atoms with Gasteiger partial charge in [-0.05, 0) is 116 Å². The Balaban J connectivity index is 1.32. The quantitative estimate of drug-likeness (QED) is 0.171. The second-order valence-electron chi connectivity index (χ2n) is 16.8. The molecule has 0 atom stereocenters. The Kier molecular flexibility index (Phi) is 5.59. The molecule has 0 radical (unpaired) electrons. The van der Waals surface area contributed by atoms with E-state index in [0.29, 0.717) is 6.04 Å². The van der Waals surface area contributed by atoms with Gasteiger partial charge in [0.15, 0.2) is 0 Å². The van der Waals surface area contributed by atoms with E-state index in [0.717, 1.165) is 34.8 Å². The summed E-state index contributed by atoms with van der Waals surface area (Å²) in [7, 11) is 0. The summed E-state index contributed by atoms with van der Waals surface area (Å²) < 4.78 is 16.2. The zero-order valence-electron chi connectivity index (χ0n) is 30.1. The van der Waals surface area contributed by atoms with Crippen molar-refractivity contribution in [2.75, 3.05) is 4.90 Å². The van der Waals surface area contributed by atoms with Gasteiger partial charge in [0.05, 0.1) is 1.37 Å². The maximum Gasteiger partial charge on any atom is 0.256 e. The van der Waals surface area contributed by atoms with Gasteiger partial charge in [-0.25, -0.2) is 0 Å². The van der Waals surface area contributed by atoms with Crippen molar-refractivity contribution in [3.05, 3.63) is 118 Å². The smallest absolute Gasteiger partial charge is 0.256 e. The lowest BCUT2D eigenvalue weighted by Gasteiger charge is -2.41. The molecule has 2 aliphatic carbocycles. The predicted octanol–water partition coefficient (Wildman–Crippen LogP) is 9.48. The minimum atomic E-state index is -0.0959. The van der Waals surface area contributed by atoms with Crippen molar-refractivity contribution in [2.45, 2.75) is 90.9 Å². The van der Waals surface area contributed by atoms with Crippen LogP contribution in [0.3, 0.4) is 0 Å². The number of nitrogens with zero attached hydrogens (tertiary/aromatic N) is 1. The van der Waals surface area contributed by atoms with Crippen molar-refractivity contribution < 1.29 is 6.11 Å². The van der Waals surface area contributed by atoms with Crippen LogP contribution < -0.4 is 26.0 Å². The standard InChI is InChI=1S/C44H44BNO/c1-42(2,3)27-16-19-29(20-17-27)46-35-24-18-28(43(4,5)6)25-34(35)45-33-23-22-32-38(41(33)47-37-14-10-13-36(46)40(37)45)31-21-15-26-11-9-12-30(26)39(31)44(32,7)8/h10,13-25H,9,11-12H2,1-8H3/i10D. The Bertz CT molecular complexity index is 2200. The van der Waals surface area contributed by atoms with Gasteiger partial charge < -0.3 is 9.64 Å². The highest BCUT2D eigenvalue weighted by molar-refractivity contribution is 6.99. The van der Waals surface area contributed by atoms with Gasteiger partial charge in [0.2, 0.25) is 0 Å². The number of fused-ring (bicyclic) bond motifs is 10. The molecular weight excluding hydrogens is 569 g/mol. The van der Waals surface area contributed by atoms with E-state index in [1.807, 2.05) is 12.1 Å². The van der Waals surface area contributed by atoms with Crippen LogP contribution >= 0.6 is 0 Å². The molecule has 0 aromatic heterocycles. The number of benzene rings is 5. The fourth-order valence-corrected chi connectivity index (χ4v) is 9.05. The van der Waals surface area contributed by atoms with E-state index >= 15 is 0 Å². The van der Waals surface area contributed by atoms with Crippen molar-refractivity contribution in [1.82, 2.24) is 0 Å². The molecule has 0 saturated heterocycles. The molecule has 0 N–H and O–H groups in total. The van der Waals surface area contributed by atoms with Crippen LogP contribution in [0.1, 0.15) is 96.6 Å². The number of rotatable bonds is 1. The molecule has 4 aliphatic rings. The third kappa shape index (κ3) is 3.98. The van der Waals surface area contributed by atoms with Crippen LogP contribution in [-0.4, -0.2) is 6.71 Å². The first-order chi connectivity index (χ1) is 22.7.